The molecule has 8 aromatic rings. The van der Waals surface area contributed by atoms with E-state index in [0.29, 0.717) is 5.56 Å². The third-order valence-electron chi connectivity index (χ3n) is 7.82. The van der Waals surface area contributed by atoms with Crippen LogP contribution >= 0.6 is 0 Å². The van der Waals surface area contributed by atoms with Gasteiger partial charge in [-0.05, 0) is 54.1 Å². The number of nitrogens with zero attached hydrogens (tertiary/aromatic N) is 4. The minimum atomic E-state index is 0.615. The molecule has 3 heterocycles. The van der Waals surface area contributed by atoms with E-state index in [1.807, 2.05) is 30.6 Å². The minimum Gasteiger partial charge on any atom is -0.309 e. The van der Waals surface area contributed by atoms with Gasteiger partial charge >= 0.3 is 0 Å². The van der Waals surface area contributed by atoms with Crippen molar-refractivity contribution in [2.24, 2.45) is 0 Å². The molecule has 4 heteroatoms. The molecule has 0 aliphatic heterocycles. The summed E-state index contributed by atoms with van der Waals surface area (Å²) in [5.74, 6) is 0. The second-order valence-electron chi connectivity index (χ2n) is 10.0. The van der Waals surface area contributed by atoms with E-state index in [1.54, 1.807) is 0 Å². The lowest BCUT2D eigenvalue weighted by molar-refractivity contribution is 1.16. The van der Waals surface area contributed by atoms with Crippen molar-refractivity contribution < 1.29 is 0 Å². The maximum absolute atomic E-state index is 10.1. The molecule has 0 N–H and O–H groups in total. The SMILES string of the molecule is N#Cc1cc(-c2ccccc2-n2c3ccccc3c3ccccc32)cc(-n2c3ccccc3c3cnccc32)c1. The molecule has 0 amide bonds. The maximum atomic E-state index is 10.1. The summed E-state index contributed by atoms with van der Waals surface area (Å²) in [7, 11) is 0. The van der Waals surface area contributed by atoms with Gasteiger partial charge in [-0.1, -0.05) is 72.8 Å². The Kier molecular flexibility index (Phi) is 4.85. The monoisotopic (exact) mass is 510 g/mol. The van der Waals surface area contributed by atoms with Crippen molar-refractivity contribution >= 4 is 43.6 Å². The molecule has 0 bridgehead atoms. The van der Waals surface area contributed by atoms with Crippen molar-refractivity contribution in [2.75, 3.05) is 0 Å². The first-order valence-electron chi connectivity index (χ1n) is 13.3. The molecule has 4 nitrogen and oxygen atoms in total. The number of pyridine rings is 1. The average Bonchev–Trinajstić information content (AvgIpc) is 3.54. The summed E-state index contributed by atoms with van der Waals surface area (Å²) in [5.41, 5.74) is 9.15. The van der Waals surface area contributed by atoms with E-state index < -0.39 is 0 Å². The largest absolute Gasteiger partial charge is 0.309 e. The number of nitriles is 1. The number of hydrogen-bond donors (Lipinski definition) is 0. The van der Waals surface area contributed by atoms with Gasteiger partial charge in [0.1, 0.15) is 0 Å². The topological polar surface area (TPSA) is 46.5 Å². The molecule has 0 fully saturated rings. The highest BCUT2D eigenvalue weighted by molar-refractivity contribution is 6.10. The van der Waals surface area contributed by atoms with Gasteiger partial charge in [0.15, 0.2) is 0 Å². The summed E-state index contributed by atoms with van der Waals surface area (Å²) in [4.78, 5) is 4.39. The molecule has 0 spiro atoms. The summed E-state index contributed by atoms with van der Waals surface area (Å²) in [6.07, 6.45) is 3.74. The fourth-order valence-corrected chi connectivity index (χ4v) is 6.15. The fourth-order valence-electron chi connectivity index (χ4n) is 6.15. The van der Waals surface area contributed by atoms with Crippen LogP contribution in [0.25, 0.3) is 66.1 Å². The van der Waals surface area contributed by atoms with Crippen LogP contribution in [0.1, 0.15) is 5.56 Å². The van der Waals surface area contributed by atoms with E-state index in [4.69, 9.17) is 0 Å². The number of rotatable bonds is 3. The summed E-state index contributed by atoms with van der Waals surface area (Å²) >= 11 is 0. The highest BCUT2D eigenvalue weighted by Gasteiger charge is 2.17. The second-order valence-corrected chi connectivity index (χ2v) is 10.0. The first kappa shape index (κ1) is 22.3. The van der Waals surface area contributed by atoms with Crippen molar-refractivity contribution in [1.29, 1.82) is 5.26 Å². The van der Waals surface area contributed by atoms with Crippen LogP contribution in [0.15, 0.2) is 134 Å². The number of benzene rings is 5. The molecule has 0 saturated heterocycles. The van der Waals surface area contributed by atoms with Gasteiger partial charge in [-0.25, -0.2) is 0 Å². The number of para-hydroxylation sites is 4. The number of aromatic nitrogens is 3. The van der Waals surface area contributed by atoms with Gasteiger partial charge < -0.3 is 9.13 Å². The maximum Gasteiger partial charge on any atom is 0.0992 e. The molecule has 186 valence electrons. The molecule has 0 aliphatic carbocycles. The zero-order valence-corrected chi connectivity index (χ0v) is 21.5. The molecule has 40 heavy (non-hydrogen) atoms. The first-order chi connectivity index (χ1) is 19.8. The summed E-state index contributed by atoms with van der Waals surface area (Å²) in [6.45, 7) is 0. The first-order valence-corrected chi connectivity index (χ1v) is 13.3. The van der Waals surface area contributed by atoms with E-state index in [-0.39, 0.29) is 0 Å². The van der Waals surface area contributed by atoms with Crippen molar-refractivity contribution in [3.8, 4) is 28.6 Å². The Morgan fingerprint density at radius 1 is 0.550 bits per heavy atom. The molecular formula is C36H22N4. The number of hydrogen-bond acceptors (Lipinski definition) is 2. The third kappa shape index (κ3) is 3.22. The Balaban J connectivity index is 1.43. The van der Waals surface area contributed by atoms with Crippen LogP contribution in [0.3, 0.4) is 0 Å². The van der Waals surface area contributed by atoms with Gasteiger partial charge in [0, 0.05) is 45.2 Å². The zero-order valence-electron chi connectivity index (χ0n) is 21.5. The van der Waals surface area contributed by atoms with Crippen LogP contribution in [-0.4, -0.2) is 14.1 Å². The standard InChI is InChI=1S/C36H22N4/c37-22-24-19-25(21-26(20-24)39-33-14-6-4-12-30(33)31-23-38-18-17-36(31)39)27-9-1-5-13-32(27)40-34-15-7-2-10-28(34)29-11-3-8-16-35(29)40/h1-21,23H. The van der Waals surface area contributed by atoms with Gasteiger partial charge in [-0.3, -0.25) is 4.98 Å². The summed E-state index contributed by atoms with van der Waals surface area (Å²) in [5, 5.41) is 14.8. The molecule has 0 saturated carbocycles. The predicted molar refractivity (Wildman–Crippen MR) is 163 cm³/mol. The molecule has 8 rings (SSSR count). The highest BCUT2D eigenvalue weighted by atomic mass is 15.0. The summed E-state index contributed by atoms with van der Waals surface area (Å²) < 4.78 is 4.57. The molecule has 5 aromatic carbocycles. The molecule has 0 unspecified atom stereocenters. The van der Waals surface area contributed by atoms with Crippen molar-refractivity contribution in [1.82, 2.24) is 14.1 Å². The number of fused-ring (bicyclic) bond motifs is 6. The van der Waals surface area contributed by atoms with Crippen molar-refractivity contribution in [3.05, 3.63) is 139 Å². The Labute approximate surface area is 230 Å². The van der Waals surface area contributed by atoms with E-state index in [0.717, 1.165) is 55.3 Å². The van der Waals surface area contributed by atoms with Crippen molar-refractivity contribution in [2.45, 2.75) is 0 Å². The van der Waals surface area contributed by atoms with Crippen LogP contribution in [0.5, 0.6) is 0 Å². The Bertz CT molecular complexity index is 2190. The van der Waals surface area contributed by atoms with Crippen LogP contribution in [0.2, 0.25) is 0 Å². The van der Waals surface area contributed by atoms with E-state index in [9.17, 15) is 5.26 Å². The Morgan fingerprint density at radius 2 is 1.12 bits per heavy atom. The van der Waals surface area contributed by atoms with Crippen molar-refractivity contribution in [3.63, 3.8) is 0 Å². The van der Waals surface area contributed by atoms with Crippen LogP contribution in [-0.2, 0) is 0 Å². The lowest BCUT2D eigenvalue weighted by Crippen LogP contribution is -1.99. The Hall–Kier alpha value is -5.66. The molecule has 0 atom stereocenters. The quantitative estimate of drug-likeness (QED) is 0.238. The van der Waals surface area contributed by atoms with E-state index >= 15 is 0 Å². The molecular weight excluding hydrogens is 488 g/mol. The molecule has 0 aliphatic rings. The van der Waals surface area contributed by atoms with Crippen LogP contribution in [0.4, 0.5) is 0 Å². The molecule has 0 radical (unpaired) electrons. The lowest BCUT2D eigenvalue weighted by atomic mass is 10.00. The molecule has 3 aromatic heterocycles. The van der Waals surface area contributed by atoms with E-state index in [2.05, 4.69) is 123 Å². The van der Waals surface area contributed by atoms with Crippen LogP contribution < -0.4 is 0 Å². The van der Waals surface area contributed by atoms with Gasteiger partial charge in [0.2, 0.25) is 0 Å². The van der Waals surface area contributed by atoms with Gasteiger partial charge in [0.25, 0.3) is 0 Å². The summed E-state index contributed by atoms with van der Waals surface area (Å²) in [6, 6.07) is 44.5. The zero-order chi connectivity index (χ0) is 26.6. The van der Waals surface area contributed by atoms with Gasteiger partial charge in [-0.2, -0.15) is 5.26 Å². The Morgan fingerprint density at radius 3 is 1.82 bits per heavy atom. The van der Waals surface area contributed by atoms with E-state index in [1.165, 1.54) is 10.8 Å². The average molecular weight is 511 g/mol. The normalized spacial score (nSPS) is 11.5. The smallest absolute Gasteiger partial charge is 0.0992 e. The second kappa shape index (κ2) is 8.69. The third-order valence-corrected chi connectivity index (χ3v) is 7.82. The van der Waals surface area contributed by atoms with Gasteiger partial charge in [-0.15, -0.1) is 0 Å². The van der Waals surface area contributed by atoms with Crippen LogP contribution in [0, 0.1) is 11.3 Å². The lowest BCUT2D eigenvalue weighted by Gasteiger charge is -2.16. The highest BCUT2D eigenvalue weighted by Crippen LogP contribution is 2.38. The van der Waals surface area contributed by atoms with Gasteiger partial charge in [0.05, 0.1) is 39.4 Å². The minimum absolute atomic E-state index is 0.615. The predicted octanol–water partition coefficient (Wildman–Crippen LogP) is 8.81. The fraction of sp³-hybridized carbons (Fsp3) is 0.